The van der Waals surface area contributed by atoms with Crippen LogP contribution in [-0.4, -0.2) is 5.84 Å². The molecule has 166 valence electrons. The summed E-state index contributed by atoms with van der Waals surface area (Å²) in [7, 11) is 0. The van der Waals surface area contributed by atoms with Gasteiger partial charge in [-0.3, -0.25) is 5.43 Å². The molecule has 10 heteroatoms. The number of aryl methyl sites for hydroxylation is 1. The SMILES string of the molecule is Cc1ccc(/C(N=Nc2ccc(C(F)(F)F)cc2)=N\Nc2ccc(C(F)(F)F)cc2)cc1. The lowest BCUT2D eigenvalue weighted by Crippen LogP contribution is -2.05. The van der Waals surface area contributed by atoms with Crippen LogP contribution >= 0.6 is 0 Å². The molecule has 0 heterocycles. The maximum Gasteiger partial charge on any atom is 0.416 e. The Morgan fingerprint density at radius 2 is 1.19 bits per heavy atom. The molecule has 4 nitrogen and oxygen atoms in total. The molecule has 0 bridgehead atoms. The number of rotatable bonds is 4. The van der Waals surface area contributed by atoms with Gasteiger partial charge in [-0.05, 0) is 55.5 Å². The van der Waals surface area contributed by atoms with Crippen molar-refractivity contribution < 1.29 is 26.3 Å². The van der Waals surface area contributed by atoms with Crippen LogP contribution in [0.1, 0.15) is 22.3 Å². The summed E-state index contributed by atoms with van der Waals surface area (Å²) >= 11 is 0. The Balaban J connectivity index is 1.85. The molecule has 0 aromatic heterocycles. The smallest absolute Gasteiger partial charge is 0.276 e. The molecule has 32 heavy (non-hydrogen) atoms. The van der Waals surface area contributed by atoms with Crippen LogP contribution in [0.2, 0.25) is 0 Å². The monoisotopic (exact) mass is 450 g/mol. The summed E-state index contributed by atoms with van der Waals surface area (Å²) in [5, 5.41) is 12.0. The van der Waals surface area contributed by atoms with E-state index in [4.69, 9.17) is 0 Å². The number of hydrogen-bond donors (Lipinski definition) is 1. The maximum absolute atomic E-state index is 12.7. The second-order valence-corrected chi connectivity index (χ2v) is 6.73. The number of halogens is 6. The molecule has 3 rings (SSSR count). The van der Waals surface area contributed by atoms with Crippen LogP contribution < -0.4 is 5.43 Å². The van der Waals surface area contributed by atoms with Crippen LogP contribution in [0.25, 0.3) is 0 Å². The minimum Gasteiger partial charge on any atom is -0.276 e. The van der Waals surface area contributed by atoms with E-state index in [1.807, 2.05) is 6.92 Å². The van der Waals surface area contributed by atoms with Crippen molar-refractivity contribution in [1.82, 2.24) is 0 Å². The zero-order chi connectivity index (χ0) is 23.4. The van der Waals surface area contributed by atoms with Crippen molar-refractivity contribution in [1.29, 1.82) is 0 Å². The molecular weight excluding hydrogens is 434 g/mol. The minimum atomic E-state index is -4.46. The summed E-state index contributed by atoms with van der Waals surface area (Å²) in [5.74, 6) is 0.0878. The molecule has 0 saturated carbocycles. The zero-order valence-electron chi connectivity index (χ0n) is 16.5. The Kier molecular flexibility index (Phi) is 6.61. The molecule has 1 N–H and O–H groups in total. The summed E-state index contributed by atoms with van der Waals surface area (Å²) < 4.78 is 76.2. The first-order valence-corrected chi connectivity index (χ1v) is 9.19. The fraction of sp³-hybridized carbons (Fsp3) is 0.136. The molecule has 0 radical (unpaired) electrons. The standard InChI is InChI=1S/C22H16F6N4/c1-14-2-4-15(5-3-14)20(31-29-18-10-6-16(7-11-18)21(23,24)25)32-30-19-12-8-17(9-13-19)22(26,27)28/h2-13,29H,1H3/b31-20+,32-30?. The van der Waals surface area contributed by atoms with Crippen LogP contribution in [0.5, 0.6) is 0 Å². The predicted molar refractivity (Wildman–Crippen MR) is 109 cm³/mol. The van der Waals surface area contributed by atoms with Crippen LogP contribution in [-0.2, 0) is 12.4 Å². The summed E-state index contributed by atoms with van der Waals surface area (Å²) in [6.07, 6.45) is -8.92. The number of benzene rings is 3. The van der Waals surface area contributed by atoms with Crippen LogP contribution in [0.3, 0.4) is 0 Å². The molecule has 0 amide bonds. The van der Waals surface area contributed by atoms with Crippen molar-refractivity contribution in [3.05, 3.63) is 95.1 Å². The van der Waals surface area contributed by atoms with E-state index in [2.05, 4.69) is 20.8 Å². The highest BCUT2D eigenvalue weighted by molar-refractivity contribution is 5.99. The molecule has 3 aromatic rings. The molecule has 0 saturated heterocycles. The normalized spacial score (nSPS) is 12.9. The second-order valence-electron chi connectivity index (χ2n) is 6.73. The van der Waals surface area contributed by atoms with Gasteiger partial charge < -0.3 is 0 Å². The third-order valence-corrected chi connectivity index (χ3v) is 4.27. The van der Waals surface area contributed by atoms with Gasteiger partial charge in [0.15, 0.2) is 0 Å². The highest BCUT2D eigenvalue weighted by atomic mass is 19.4. The molecular formula is C22H16F6N4. The number of anilines is 1. The Hall–Kier alpha value is -3.69. The lowest BCUT2D eigenvalue weighted by atomic mass is 10.1. The number of alkyl halides is 6. The van der Waals surface area contributed by atoms with Crippen molar-refractivity contribution in [3.8, 4) is 0 Å². The Morgan fingerprint density at radius 1 is 0.688 bits per heavy atom. The van der Waals surface area contributed by atoms with Crippen LogP contribution in [0.4, 0.5) is 37.7 Å². The van der Waals surface area contributed by atoms with Gasteiger partial charge in [0.05, 0.1) is 22.5 Å². The van der Waals surface area contributed by atoms with Gasteiger partial charge in [-0.25, -0.2) is 0 Å². The quantitative estimate of drug-likeness (QED) is 0.144. The van der Waals surface area contributed by atoms with Crippen molar-refractivity contribution in [2.45, 2.75) is 19.3 Å². The van der Waals surface area contributed by atoms with Gasteiger partial charge in [0.25, 0.3) is 0 Å². The predicted octanol–water partition coefficient (Wildman–Crippen LogP) is 7.59. The summed E-state index contributed by atoms with van der Waals surface area (Å²) in [6.45, 7) is 1.88. The third-order valence-electron chi connectivity index (χ3n) is 4.27. The first-order chi connectivity index (χ1) is 15.0. The van der Waals surface area contributed by atoms with E-state index in [0.29, 0.717) is 5.56 Å². The Labute approximate surface area is 179 Å². The molecule has 3 aromatic carbocycles. The van der Waals surface area contributed by atoms with Gasteiger partial charge in [0, 0.05) is 5.56 Å². The molecule has 0 unspecified atom stereocenters. The van der Waals surface area contributed by atoms with Crippen LogP contribution in [0.15, 0.2) is 88.1 Å². The summed E-state index contributed by atoms with van der Waals surface area (Å²) in [5.41, 5.74) is 2.99. The second kappa shape index (κ2) is 9.21. The van der Waals surface area contributed by atoms with E-state index in [1.54, 1.807) is 24.3 Å². The van der Waals surface area contributed by atoms with Crippen molar-refractivity contribution in [3.63, 3.8) is 0 Å². The van der Waals surface area contributed by atoms with Crippen molar-refractivity contribution in [2.75, 3.05) is 5.43 Å². The number of hydrogen-bond acceptors (Lipinski definition) is 3. The van der Waals surface area contributed by atoms with E-state index >= 15 is 0 Å². The lowest BCUT2D eigenvalue weighted by molar-refractivity contribution is -0.138. The molecule has 0 aliphatic rings. The first-order valence-electron chi connectivity index (χ1n) is 9.19. The van der Waals surface area contributed by atoms with E-state index < -0.39 is 23.5 Å². The van der Waals surface area contributed by atoms with E-state index in [-0.39, 0.29) is 17.2 Å². The third kappa shape index (κ3) is 6.16. The highest BCUT2D eigenvalue weighted by Crippen LogP contribution is 2.31. The topological polar surface area (TPSA) is 49.1 Å². The van der Waals surface area contributed by atoms with Gasteiger partial charge in [-0.2, -0.15) is 31.4 Å². The highest BCUT2D eigenvalue weighted by Gasteiger charge is 2.30. The number of hydrazone groups is 1. The van der Waals surface area contributed by atoms with Crippen molar-refractivity contribution >= 4 is 17.2 Å². The van der Waals surface area contributed by atoms with E-state index in [0.717, 1.165) is 29.8 Å². The van der Waals surface area contributed by atoms with Gasteiger partial charge in [0.2, 0.25) is 5.84 Å². The number of nitrogens with zero attached hydrogens (tertiary/aromatic N) is 3. The maximum atomic E-state index is 12.7. The molecule has 0 aliphatic carbocycles. The Bertz CT molecular complexity index is 1100. The zero-order valence-corrected chi connectivity index (χ0v) is 16.5. The summed E-state index contributed by atoms with van der Waals surface area (Å²) in [4.78, 5) is 0. The van der Waals surface area contributed by atoms with Gasteiger partial charge >= 0.3 is 12.4 Å². The number of amidine groups is 1. The lowest BCUT2D eigenvalue weighted by Gasteiger charge is -2.08. The molecule has 0 aliphatic heterocycles. The largest absolute Gasteiger partial charge is 0.416 e. The van der Waals surface area contributed by atoms with Crippen molar-refractivity contribution in [2.24, 2.45) is 15.3 Å². The summed E-state index contributed by atoms with van der Waals surface area (Å²) in [6, 6.07) is 15.4. The van der Waals surface area contributed by atoms with E-state index in [9.17, 15) is 26.3 Å². The number of nitrogens with one attached hydrogen (secondary N) is 1. The minimum absolute atomic E-state index is 0.0878. The fourth-order valence-electron chi connectivity index (χ4n) is 2.52. The average Bonchev–Trinajstić information content (AvgIpc) is 2.74. The average molecular weight is 450 g/mol. The van der Waals surface area contributed by atoms with E-state index in [1.165, 1.54) is 24.3 Å². The van der Waals surface area contributed by atoms with Gasteiger partial charge in [-0.1, -0.05) is 29.8 Å². The first kappa shape index (κ1) is 23.0. The molecule has 0 spiro atoms. The number of azo groups is 1. The van der Waals surface area contributed by atoms with Crippen LogP contribution in [0, 0.1) is 6.92 Å². The van der Waals surface area contributed by atoms with Gasteiger partial charge in [-0.15, -0.1) is 10.2 Å². The Morgan fingerprint density at radius 3 is 1.69 bits per heavy atom. The fourth-order valence-corrected chi connectivity index (χ4v) is 2.52. The molecule has 0 atom stereocenters. The molecule has 0 fully saturated rings. The van der Waals surface area contributed by atoms with Gasteiger partial charge in [0.1, 0.15) is 0 Å².